The maximum absolute atomic E-state index is 12.7. The van der Waals surface area contributed by atoms with E-state index in [2.05, 4.69) is 11.8 Å². The lowest BCUT2D eigenvalue weighted by Crippen LogP contribution is -2.46. The van der Waals surface area contributed by atoms with E-state index in [1.165, 1.54) is 44.9 Å². The summed E-state index contributed by atoms with van der Waals surface area (Å²) in [5.41, 5.74) is 6.12. The third-order valence-electron chi connectivity index (χ3n) is 5.83. The van der Waals surface area contributed by atoms with E-state index in [0.717, 1.165) is 12.8 Å². The van der Waals surface area contributed by atoms with E-state index >= 15 is 0 Å². The van der Waals surface area contributed by atoms with Gasteiger partial charge in [0.25, 0.3) is 0 Å². The third-order valence-corrected chi connectivity index (χ3v) is 5.83. The minimum atomic E-state index is 0.0987. The Morgan fingerprint density at radius 1 is 1.15 bits per heavy atom. The fourth-order valence-electron chi connectivity index (χ4n) is 4.26. The van der Waals surface area contributed by atoms with Crippen molar-refractivity contribution in [3.8, 4) is 0 Å². The summed E-state index contributed by atoms with van der Waals surface area (Å²) in [4.78, 5) is 14.7. The van der Waals surface area contributed by atoms with Crippen LogP contribution in [0.1, 0.15) is 71.1 Å². The molecule has 2 N–H and O–H groups in total. The summed E-state index contributed by atoms with van der Waals surface area (Å²) in [7, 11) is 2.02. The van der Waals surface area contributed by atoms with E-state index in [0.29, 0.717) is 30.8 Å². The minimum absolute atomic E-state index is 0.0987. The van der Waals surface area contributed by atoms with Crippen molar-refractivity contribution >= 4 is 5.91 Å². The highest BCUT2D eigenvalue weighted by Crippen LogP contribution is 2.39. The van der Waals surface area contributed by atoms with Gasteiger partial charge in [-0.3, -0.25) is 4.79 Å². The Bertz CT molecular complexity index is 323. The summed E-state index contributed by atoms with van der Waals surface area (Å²) in [6, 6.07) is 0.453. The monoisotopic (exact) mass is 280 g/mol. The second-order valence-electron chi connectivity index (χ2n) is 7.28. The summed E-state index contributed by atoms with van der Waals surface area (Å²) in [5.74, 6) is 0.981. The van der Waals surface area contributed by atoms with Gasteiger partial charge in [0, 0.05) is 19.5 Å². The molecule has 2 aliphatic carbocycles. The molecule has 0 heterocycles. The number of nitrogens with two attached hydrogens (primary N) is 1. The average Bonchev–Trinajstić information content (AvgIpc) is 2.48. The van der Waals surface area contributed by atoms with Gasteiger partial charge in [0.2, 0.25) is 5.91 Å². The molecule has 0 aromatic rings. The van der Waals surface area contributed by atoms with Gasteiger partial charge >= 0.3 is 0 Å². The Labute approximate surface area is 124 Å². The predicted octanol–water partition coefficient (Wildman–Crippen LogP) is 3.32. The fourth-order valence-corrected chi connectivity index (χ4v) is 4.26. The van der Waals surface area contributed by atoms with Crippen LogP contribution in [-0.4, -0.2) is 30.4 Å². The Morgan fingerprint density at radius 2 is 1.80 bits per heavy atom. The van der Waals surface area contributed by atoms with Crippen molar-refractivity contribution in [3.05, 3.63) is 0 Å². The number of amides is 1. The van der Waals surface area contributed by atoms with Gasteiger partial charge in [-0.15, -0.1) is 0 Å². The molecule has 0 radical (unpaired) electrons. The van der Waals surface area contributed by atoms with Crippen LogP contribution in [0, 0.1) is 11.3 Å². The highest BCUT2D eigenvalue weighted by atomic mass is 16.2. The molecule has 3 heteroatoms. The molecular formula is C17H32N2O. The van der Waals surface area contributed by atoms with Gasteiger partial charge in [0.05, 0.1) is 0 Å². The second-order valence-corrected chi connectivity index (χ2v) is 7.28. The highest BCUT2D eigenvalue weighted by Gasteiger charge is 2.36. The van der Waals surface area contributed by atoms with Crippen LogP contribution in [0.3, 0.4) is 0 Å². The zero-order valence-corrected chi connectivity index (χ0v) is 13.4. The molecule has 2 aliphatic rings. The van der Waals surface area contributed by atoms with Gasteiger partial charge in [-0.2, -0.15) is 0 Å². The van der Waals surface area contributed by atoms with E-state index < -0.39 is 0 Å². The van der Waals surface area contributed by atoms with Crippen molar-refractivity contribution < 1.29 is 4.79 Å². The second kappa shape index (κ2) is 6.93. The largest absolute Gasteiger partial charge is 0.342 e. The van der Waals surface area contributed by atoms with Gasteiger partial charge in [-0.1, -0.05) is 39.0 Å². The van der Waals surface area contributed by atoms with Crippen LogP contribution in [0.2, 0.25) is 0 Å². The number of hydrogen-bond donors (Lipinski definition) is 1. The van der Waals surface area contributed by atoms with Gasteiger partial charge in [0.15, 0.2) is 0 Å². The van der Waals surface area contributed by atoms with Crippen LogP contribution in [0.25, 0.3) is 0 Å². The molecule has 2 atom stereocenters. The first kappa shape index (κ1) is 15.8. The molecule has 0 bridgehead atoms. The van der Waals surface area contributed by atoms with Gasteiger partial charge < -0.3 is 10.6 Å². The van der Waals surface area contributed by atoms with Crippen molar-refractivity contribution in [3.63, 3.8) is 0 Å². The van der Waals surface area contributed by atoms with Crippen molar-refractivity contribution in [2.24, 2.45) is 17.1 Å². The van der Waals surface area contributed by atoms with Crippen molar-refractivity contribution in [2.45, 2.75) is 77.2 Å². The van der Waals surface area contributed by atoms with E-state index in [1.807, 2.05) is 7.05 Å². The van der Waals surface area contributed by atoms with E-state index in [-0.39, 0.29) is 5.41 Å². The van der Waals surface area contributed by atoms with Crippen LogP contribution < -0.4 is 5.73 Å². The lowest BCUT2D eigenvalue weighted by atomic mass is 9.71. The predicted molar refractivity (Wildman–Crippen MR) is 83.4 cm³/mol. The summed E-state index contributed by atoms with van der Waals surface area (Å²) >= 11 is 0. The SMILES string of the molecule is CC1CCCCC1N(C)C(=O)CC1(CN)CCCCC1. The van der Waals surface area contributed by atoms with E-state index in [9.17, 15) is 4.79 Å². The van der Waals surface area contributed by atoms with Crippen LogP contribution in [-0.2, 0) is 4.79 Å². The number of rotatable bonds is 4. The third kappa shape index (κ3) is 3.55. The number of hydrogen-bond acceptors (Lipinski definition) is 2. The molecule has 116 valence electrons. The van der Waals surface area contributed by atoms with Crippen LogP contribution >= 0.6 is 0 Å². The zero-order chi connectivity index (χ0) is 14.6. The first-order chi connectivity index (χ1) is 9.58. The summed E-state index contributed by atoms with van der Waals surface area (Å²) in [6.07, 6.45) is 11.8. The lowest BCUT2D eigenvalue weighted by Gasteiger charge is -2.40. The van der Waals surface area contributed by atoms with Gasteiger partial charge in [-0.25, -0.2) is 0 Å². The summed E-state index contributed by atoms with van der Waals surface area (Å²) < 4.78 is 0. The molecule has 2 unspecified atom stereocenters. The van der Waals surface area contributed by atoms with E-state index in [1.54, 1.807) is 0 Å². The maximum Gasteiger partial charge on any atom is 0.223 e. The quantitative estimate of drug-likeness (QED) is 0.858. The zero-order valence-electron chi connectivity index (χ0n) is 13.4. The Hall–Kier alpha value is -0.570. The lowest BCUT2D eigenvalue weighted by molar-refractivity contribution is -0.136. The first-order valence-corrected chi connectivity index (χ1v) is 8.54. The molecule has 0 aromatic carbocycles. The molecular weight excluding hydrogens is 248 g/mol. The number of carbonyl (C=O) groups excluding carboxylic acids is 1. The molecule has 2 rings (SSSR count). The molecule has 0 spiro atoms. The van der Waals surface area contributed by atoms with E-state index in [4.69, 9.17) is 5.73 Å². The number of nitrogens with zero attached hydrogens (tertiary/aromatic N) is 1. The Kier molecular flexibility index (Phi) is 5.48. The smallest absolute Gasteiger partial charge is 0.223 e. The van der Waals surface area contributed by atoms with Crippen LogP contribution in [0.15, 0.2) is 0 Å². The molecule has 1 amide bonds. The Balaban J connectivity index is 1.95. The molecule has 20 heavy (non-hydrogen) atoms. The molecule has 3 nitrogen and oxygen atoms in total. The minimum Gasteiger partial charge on any atom is -0.342 e. The molecule has 2 fully saturated rings. The summed E-state index contributed by atoms with van der Waals surface area (Å²) in [5, 5.41) is 0. The Morgan fingerprint density at radius 3 is 2.40 bits per heavy atom. The molecule has 0 aliphatic heterocycles. The topological polar surface area (TPSA) is 46.3 Å². The standard InChI is InChI=1S/C17H32N2O/c1-14-8-4-5-9-15(14)19(2)16(20)12-17(13-18)10-6-3-7-11-17/h14-15H,3-13,18H2,1-2H3. The maximum atomic E-state index is 12.7. The van der Waals surface area contributed by atoms with Gasteiger partial charge in [0.1, 0.15) is 0 Å². The molecule has 0 aromatic heterocycles. The molecule has 2 saturated carbocycles. The van der Waals surface area contributed by atoms with Gasteiger partial charge in [-0.05, 0) is 43.6 Å². The highest BCUT2D eigenvalue weighted by molar-refractivity contribution is 5.77. The van der Waals surface area contributed by atoms with Crippen LogP contribution in [0.4, 0.5) is 0 Å². The normalized spacial score (nSPS) is 29.9. The average molecular weight is 280 g/mol. The number of carbonyl (C=O) groups is 1. The van der Waals surface area contributed by atoms with Crippen molar-refractivity contribution in [1.82, 2.24) is 4.90 Å². The fraction of sp³-hybridized carbons (Fsp3) is 0.941. The summed E-state index contributed by atoms with van der Waals surface area (Å²) in [6.45, 7) is 2.97. The van der Waals surface area contributed by atoms with Crippen molar-refractivity contribution in [1.29, 1.82) is 0 Å². The van der Waals surface area contributed by atoms with Crippen LogP contribution in [0.5, 0.6) is 0 Å². The first-order valence-electron chi connectivity index (χ1n) is 8.54. The van der Waals surface area contributed by atoms with Crippen molar-refractivity contribution in [2.75, 3.05) is 13.6 Å². The molecule has 0 saturated heterocycles.